The molecule has 21 heavy (non-hydrogen) atoms. The van der Waals surface area contributed by atoms with Crippen LogP contribution in [0.3, 0.4) is 0 Å². The zero-order valence-electron chi connectivity index (χ0n) is 11.8. The summed E-state index contributed by atoms with van der Waals surface area (Å²) in [5.41, 5.74) is 0.869. The van der Waals surface area contributed by atoms with Gasteiger partial charge in [-0.2, -0.15) is 5.26 Å². The van der Waals surface area contributed by atoms with E-state index in [-0.39, 0.29) is 6.04 Å². The number of hydrogen-bond acceptors (Lipinski definition) is 5. The molecule has 1 fully saturated rings. The summed E-state index contributed by atoms with van der Waals surface area (Å²) in [7, 11) is 0. The number of ether oxygens (including phenoxy) is 2. The van der Waals surface area contributed by atoms with E-state index < -0.39 is 0 Å². The van der Waals surface area contributed by atoms with Gasteiger partial charge >= 0.3 is 0 Å². The fourth-order valence-electron chi connectivity index (χ4n) is 2.78. The van der Waals surface area contributed by atoms with Gasteiger partial charge in [-0.15, -0.1) is 0 Å². The van der Waals surface area contributed by atoms with Crippen LogP contribution in [0.5, 0.6) is 11.5 Å². The Labute approximate surface area is 129 Å². The molecule has 112 valence electrons. The summed E-state index contributed by atoms with van der Waals surface area (Å²) in [5.74, 6) is 1.22. The largest absolute Gasteiger partial charge is 0.486 e. The molecular weight excluding hydrogens is 290 g/mol. The van der Waals surface area contributed by atoms with Gasteiger partial charge in [0.1, 0.15) is 19.3 Å². The van der Waals surface area contributed by atoms with E-state index >= 15 is 0 Å². The molecule has 1 saturated heterocycles. The van der Waals surface area contributed by atoms with Crippen molar-refractivity contribution in [1.82, 2.24) is 10.2 Å². The smallest absolute Gasteiger partial charge is 0.179 e. The fraction of sp³-hybridized carbons (Fsp3) is 0.533. The van der Waals surface area contributed by atoms with Gasteiger partial charge in [-0.05, 0) is 30.7 Å². The lowest BCUT2D eigenvalue weighted by molar-refractivity contribution is 0.171. The molecule has 6 heteroatoms. The SMILES string of the molecule is N#CC(c1cc(Cl)c2c(c1)OCCO2)N1CCCNCC1. The number of benzene rings is 1. The molecule has 2 aliphatic rings. The third-order valence-electron chi connectivity index (χ3n) is 3.80. The number of halogens is 1. The Morgan fingerprint density at radius 3 is 2.95 bits per heavy atom. The maximum absolute atomic E-state index is 9.59. The molecule has 5 nitrogen and oxygen atoms in total. The van der Waals surface area contributed by atoms with Gasteiger partial charge in [-0.3, -0.25) is 4.90 Å². The number of rotatable bonds is 2. The van der Waals surface area contributed by atoms with Gasteiger partial charge < -0.3 is 14.8 Å². The average molecular weight is 308 g/mol. The van der Waals surface area contributed by atoms with Crippen LogP contribution in [0, 0.1) is 11.3 Å². The van der Waals surface area contributed by atoms with Crippen LogP contribution in [-0.2, 0) is 0 Å². The molecule has 1 aromatic rings. The quantitative estimate of drug-likeness (QED) is 0.905. The van der Waals surface area contributed by atoms with Crippen molar-refractivity contribution in [1.29, 1.82) is 5.26 Å². The second-order valence-electron chi connectivity index (χ2n) is 5.20. The number of nitrogens with one attached hydrogen (secondary N) is 1. The van der Waals surface area contributed by atoms with Gasteiger partial charge in [0.15, 0.2) is 11.5 Å². The Morgan fingerprint density at radius 1 is 1.24 bits per heavy atom. The van der Waals surface area contributed by atoms with E-state index in [4.69, 9.17) is 21.1 Å². The molecule has 0 aliphatic carbocycles. The first-order valence-corrected chi connectivity index (χ1v) is 7.61. The normalized spacial score (nSPS) is 20.4. The van der Waals surface area contributed by atoms with Crippen molar-refractivity contribution < 1.29 is 9.47 Å². The fourth-order valence-corrected chi connectivity index (χ4v) is 3.05. The summed E-state index contributed by atoms with van der Waals surface area (Å²) >= 11 is 6.27. The third-order valence-corrected chi connectivity index (χ3v) is 4.08. The minimum Gasteiger partial charge on any atom is -0.486 e. The first kappa shape index (κ1) is 14.5. The first-order valence-electron chi connectivity index (χ1n) is 7.23. The van der Waals surface area contributed by atoms with Crippen LogP contribution in [-0.4, -0.2) is 44.3 Å². The molecule has 0 radical (unpaired) electrons. The Balaban J connectivity index is 1.90. The molecule has 0 amide bonds. The number of hydrogen-bond donors (Lipinski definition) is 1. The van der Waals surface area contributed by atoms with Crippen LogP contribution >= 0.6 is 11.6 Å². The molecule has 0 aromatic heterocycles. The number of nitrogens with zero attached hydrogens (tertiary/aromatic N) is 2. The van der Waals surface area contributed by atoms with Gasteiger partial charge in [0.25, 0.3) is 0 Å². The molecule has 0 saturated carbocycles. The van der Waals surface area contributed by atoms with E-state index in [1.165, 1.54) is 0 Å². The van der Waals surface area contributed by atoms with Crippen molar-refractivity contribution in [2.24, 2.45) is 0 Å². The predicted octanol–water partition coefficient (Wildman–Crippen LogP) is 1.97. The molecule has 0 spiro atoms. The molecule has 2 aliphatic heterocycles. The lowest BCUT2D eigenvalue weighted by atomic mass is 10.0. The maximum atomic E-state index is 9.59. The molecule has 3 rings (SSSR count). The molecule has 2 heterocycles. The highest BCUT2D eigenvalue weighted by atomic mass is 35.5. The van der Waals surface area contributed by atoms with Crippen LogP contribution in [0.15, 0.2) is 12.1 Å². The predicted molar refractivity (Wildman–Crippen MR) is 79.9 cm³/mol. The summed E-state index contributed by atoms with van der Waals surface area (Å²) in [5, 5.41) is 13.4. The Kier molecular flexibility index (Phi) is 4.49. The van der Waals surface area contributed by atoms with E-state index in [1.807, 2.05) is 12.1 Å². The maximum Gasteiger partial charge on any atom is 0.179 e. The van der Waals surface area contributed by atoms with Crippen LogP contribution in [0.1, 0.15) is 18.0 Å². The summed E-state index contributed by atoms with van der Waals surface area (Å²) < 4.78 is 11.1. The molecule has 1 atom stereocenters. The minimum atomic E-state index is -0.307. The van der Waals surface area contributed by atoms with Crippen LogP contribution in [0.2, 0.25) is 5.02 Å². The zero-order chi connectivity index (χ0) is 14.7. The summed E-state index contributed by atoms with van der Waals surface area (Å²) in [6, 6.07) is 5.79. The van der Waals surface area contributed by atoms with E-state index in [9.17, 15) is 5.26 Å². The topological polar surface area (TPSA) is 57.5 Å². The van der Waals surface area contributed by atoms with Gasteiger partial charge in [-0.25, -0.2) is 0 Å². The van der Waals surface area contributed by atoms with Gasteiger partial charge in [0.05, 0.1) is 11.1 Å². The van der Waals surface area contributed by atoms with E-state index in [2.05, 4.69) is 16.3 Å². The first-order chi connectivity index (χ1) is 10.3. The van der Waals surface area contributed by atoms with Gasteiger partial charge in [0, 0.05) is 19.6 Å². The van der Waals surface area contributed by atoms with E-state index in [1.54, 1.807) is 0 Å². The van der Waals surface area contributed by atoms with Crippen molar-refractivity contribution in [2.75, 3.05) is 39.4 Å². The van der Waals surface area contributed by atoms with Crippen LogP contribution in [0.25, 0.3) is 0 Å². The highest BCUT2D eigenvalue weighted by Crippen LogP contribution is 2.40. The Hall–Kier alpha value is -1.48. The minimum absolute atomic E-state index is 0.307. The highest BCUT2D eigenvalue weighted by molar-refractivity contribution is 6.32. The van der Waals surface area contributed by atoms with Crippen molar-refractivity contribution in [2.45, 2.75) is 12.5 Å². The van der Waals surface area contributed by atoms with E-state index in [0.29, 0.717) is 29.7 Å². The Morgan fingerprint density at radius 2 is 2.10 bits per heavy atom. The van der Waals surface area contributed by atoms with Crippen molar-refractivity contribution >= 4 is 11.6 Å². The summed E-state index contributed by atoms with van der Waals surface area (Å²) in [6.07, 6.45) is 1.04. The van der Waals surface area contributed by atoms with Gasteiger partial charge in [0.2, 0.25) is 0 Å². The van der Waals surface area contributed by atoms with Crippen molar-refractivity contribution in [3.63, 3.8) is 0 Å². The van der Waals surface area contributed by atoms with Crippen LogP contribution in [0.4, 0.5) is 0 Å². The molecule has 1 aromatic carbocycles. The Bertz CT molecular complexity index is 551. The second kappa shape index (κ2) is 6.52. The average Bonchev–Trinajstić information content (AvgIpc) is 2.77. The van der Waals surface area contributed by atoms with Gasteiger partial charge in [-0.1, -0.05) is 11.6 Å². The van der Waals surface area contributed by atoms with Crippen LogP contribution < -0.4 is 14.8 Å². The highest BCUT2D eigenvalue weighted by Gasteiger charge is 2.25. The van der Waals surface area contributed by atoms with Crippen molar-refractivity contribution in [3.05, 3.63) is 22.7 Å². The van der Waals surface area contributed by atoms with E-state index in [0.717, 1.165) is 38.2 Å². The van der Waals surface area contributed by atoms with Crippen molar-refractivity contribution in [3.8, 4) is 17.6 Å². The molecule has 0 bridgehead atoms. The molecular formula is C15H18ClN3O2. The molecule has 1 N–H and O–H groups in total. The second-order valence-corrected chi connectivity index (χ2v) is 5.61. The number of nitriles is 1. The third kappa shape index (κ3) is 3.08. The summed E-state index contributed by atoms with van der Waals surface area (Å²) in [4.78, 5) is 2.18. The molecule has 1 unspecified atom stereocenters. The monoisotopic (exact) mass is 307 g/mol. The summed E-state index contributed by atoms with van der Waals surface area (Å²) in [6.45, 7) is 4.66. The zero-order valence-corrected chi connectivity index (χ0v) is 12.5. The lowest BCUT2D eigenvalue weighted by Gasteiger charge is -2.27. The standard InChI is InChI=1S/C15H18ClN3O2/c16-12-8-11(9-14-15(12)21-7-6-20-14)13(10-17)19-4-1-2-18-3-5-19/h8-9,13,18H,1-7H2. The lowest BCUT2D eigenvalue weighted by Crippen LogP contribution is -2.31. The number of fused-ring (bicyclic) bond motifs is 1.